The molecule has 1 aromatic heterocycles. The van der Waals surface area contributed by atoms with Crippen molar-refractivity contribution >= 4 is 11.3 Å². The highest BCUT2D eigenvalue weighted by molar-refractivity contribution is 7.10. The van der Waals surface area contributed by atoms with Gasteiger partial charge in [-0.3, -0.25) is 4.90 Å². The van der Waals surface area contributed by atoms with Crippen molar-refractivity contribution < 1.29 is 0 Å². The molecule has 102 valence electrons. The molecule has 1 aromatic carbocycles. The summed E-state index contributed by atoms with van der Waals surface area (Å²) in [4.78, 5) is 4.07. The van der Waals surface area contributed by atoms with Crippen LogP contribution in [0.25, 0.3) is 0 Å². The Bertz CT molecular complexity index is 631. The van der Waals surface area contributed by atoms with Gasteiger partial charge in [0, 0.05) is 30.1 Å². The topological polar surface area (TPSA) is 29.3 Å². The van der Waals surface area contributed by atoms with Crippen LogP contribution < -0.4 is 5.73 Å². The first-order valence-corrected chi connectivity index (χ1v) is 7.78. The lowest BCUT2D eigenvalue weighted by atomic mass is 10.1. The molecule has 1 aliphatic rings. The molecule has 2 nitrogen and oxygen atoms in total. The summed E-state index contributed by atoms with van der Waals surface area (Å²) in [6.07, 6.45) is 1.19. The molecule has 1 aliphatic heterocycles. The molecule has 2 heterocycles. The third kappa shape index (κ3) is 3.10. The van der Waals surface area contributed by atoms with Crippen molar-refractivity contribution in [3.8, 4) is 11.8 Å². The van der Waals surface area contributed by atoms with Crippen LogP contribution in [0.4, 0.5) is 0 Å². The molecule has 0 saturated heterocycles. The van der Waals surface area contributed by atoms with Crippen molar-refractivity contribution in [3.05, 3.63) is 57.3 Å². The lowest BCUT2D eigenvalue weighted by molar-refractivity contribution is 0.247. The van der Waals surface area contributed by atoms with Gasteiger partial charge in [0.25, 0.3) is 0 Å². The molecule has 0 amide bonds. The van der Waals surface area contributed by atoms with E-state index in [1.807, 2.05) is 11.3 Å². The fourth-order valence-corrected chi connectivity index (χ4v) is 3.44. The Balaban J connectivity index is 1.64. The molecule has 0 saturated carbocycles. The number of nitrogens with two attached hydrogens (primary N) is 1. The molecule has 0 unspecified atom stereocenters. The molecule has 2 N–H and O–H groups in total. The highest BCUT2D eigenvalue weighted by Gasteiger charge is 2.16. The van der Waals surface area contributed by atoms with Gasteiger partial charge < -0.3 is 5.73 Å². The zero-order valence-corrected chi connectivity index (χ0v) is 12.2. The molecular weight excluding hydrogens is 264 g/mol. The van der Waals surface area contributed by atoms with Crippen LogP contribution >= 0.6 is 11.3 Å². The van der Waals surface area contributed by atoms with Gasteiger partial charge in [-0.25, -0.2) is 0 Å². The third-order valence-electron chi connectivity index (χ3n) is 3.58. The van der Waals surface area contributed by atoms with E-state index in [1.54, 1.807) is 4.88 Å². The number of hydrogen-bond acceptors (Lipinski definition) is 3. The molecule has 0 radical (unpaired) electrons. The molecule has 3 heteroatoms. The number of rotatable bonds is 2. The second-order valence-electron chi connectivity index (χ2n) is 5.03. The molecule has 0 spiro atoms. The lowest BCUT2D eigenvalue weighted by Gasteiger charge is -2.26. The van der Waals surface area contributed by atoms with Crippen molar-refractivity contribution in [1.29, 1.82) is 0 Å². The van der Waals surface area contributed by atoms with Crippen molar-refractivity contribution in [3.63, 3.8) is 0 Å². The van der Waals surface area contributed by atoms with Gasteiger partial charge in [0.2, 0.25) is 0 Å². The first-order chi connectivity index (χ1) is 9.85. The Morgan fingerprint density at radius 1 is 1.20 bits per heavy atom. The van der Waals surface area contributed by atoms with Crippen molar-refractivity contribution in [2.75, 3.05) is 13.1 Å². The van der Waals surface area contributed by atoms with Gasteiger partial charge in [-0.2, -0.15) is 0 Å². The van der Waals surface area contributed by atoms with Crippen molar-refractivity contribution in [1.82, 2.24) is 4.90 Å². The minimum absolute atomic E-state index is 0.415. The summed E-state index contributed by atoms with van der Waals surface area (Å²) in [6.45, 7) is 3.66. The van der Waals surface area contributed by atoms with Crippen LogP contribution in [-0.4, -0.2) is 18.0 Å². The van der Waals surface area contributed by atoms with Crippen LogP contribution in [0, 0.1) is 11.8 Å². The van der Waals surface area contributed by atoms with Crippen LogP contribution in [0.15, 0.2) is 35.7 Å². The molecule has 2 aromatic rings. The van der Waals surface area contributed by atoms with Crippen LogP contribution in [0.3, 0.4) is 0 Å². The van der Waals surface area contributed by atoms with Gasteiger partial charge in [-0.05, 0) is 41.1 Å². The number of hydrogen-bond donors (Lipinski definition) is 1. The number of benzene rings is 1. The Labute approximate surface area is 124 Å². The van der Waals surface area contributed by atoms with Crippen molar-refractivity contribution in [2.45, 2.75) is 19.5 Å². The van der Waals surface area contributed by atoms with Gasteiger partial charge in [0.05, 0.1) is 6.54 Å². The fourth-order valence-electron chi connectivity index (χ4n) is 2.55. The predicted molar refractivity (Wildman–Crippen MR) is 84.5 cm³/mol. The normalized spacial score (nSPS) is 14.4. The molecule has 0 fully saturated rings. The highest BCUT2D eigenvalue weighted by Crippen LogP contribution is 2.24. The summed E-state index contributed by atoms with van der Waals surface area (Å²) in [5.74, 6) is 5.94. The molecule has 0 atom stereocenters. The summed E-state index contributed by atoms with van der Waals surface area (Å²) in [5, 5.41) is 2.21. The monoisotopic (exact) mass is 282 g/mol. The Morgan fingerprint density at radius 2 is 2.05 bits per heavy atom. The summed E-state index contributed by atoms with van der Waals surface area (Å²) in [6, 6.07) is 10.8. The van der Waals surface area contributed by atoms with Gasteiger partial charge in [0.1, 0.15) is 0 Å². The van der Waals surface area contributed by atoms with Crippen LogP contribution in [0.2, 0.25) is 0 Å². The average Bonchev–Trinajstić information content (AvgIpc) is 2.94. The Hall–Kier alpha value is -1.60. The average molecular weight is 282 g/mol. The maximum atomic E-state index is 5.38. The van der Waals surface area contributed by atoms with Crippen LogP contribution in [0.5, 0.6) is 0 Å². The first kappa shape index (κ1) is 13.4. The quantitative estimate of drug-likeness (QED) is 0.858. The maximum Gasteiger partial charge on any atom is 0.0555 e. The molecule has 0 bridgehead atoms. The van der Waals surface area contributed by atoms with E-state index in [4.69, 9.17) is 5.73 Å². The minimum Gasteiger partial charge on any atom is -0.320 e. The predicted octanol–water partition coefficient (Wildman–Crippen LogP) is 2.62. The van der Waals surface area contributed by atoms with Gasteiger partial charge in [-0.15, -0.1) is 11.3 Å². The lowest BCUT2D eigenvalue weighted by Crippen LogP contribution is -2.29. The van der Waals surface area contributed by atoms with E-state index in [9.17, 15) is 0 Å². The van der Waals surface area contributed by atoms with E-state index in [0.29, 0.717) is 6.54 Å². The highest BCUT2D eigenvalue weighted by atomic mass is 32.1. The smallest absolute Gasteiger partial charge is 0.0555 e. The number of thiophene rings is 1. The first-order valence-electron chi connectivity index (χ1n) is 6.90. The van der Waals surface area contributed by atoms with E-state index >= 15 is 0 Å². The number of fused-ring (bicyclic) bond motifs is 1. The van der Waals surface area contributed by atoms with Crippen molar-refractivity contribution in [2.24, 2.45) is 5.73 Å². The van der Waals surface area contributed by atoms with Gasteiger partial charge >= 0.3 is 0 Å². The standard InChI is InChI=1S/C17H18N2S/c18-9-1-2-14-3-5-15(6-4-14)12-19-10-7-17-16(13-19)8-11-20-17/h3-6,8,11H,7,9-10,12-13,18H2. The second kappa shape index (κ2) is 6.23. The van der Waals surface area contributed by atoms with E-state index in [0.717, 1.165) is 25.2 Å². The summed E-state index contributed by atoms with van der Waals surface area (Å²) in [5.41, 5.74) is 9.28. The zero-order valence-electron chi connectivity index (χ0n) is 11.4. The Morgan fingerprint density at radius 3 is 2.85 bits per heavy atom. The van der Waals surface area contributed by atoms with Gasteiger partial charge in [0.15, 0.2) is 0 Å². The third-order valence-corrected chi connectivity index (χ3v) is 4.60. The van der Waals surface area contributed by atoms with E-state index in [1.165, 1.54) is 17.5 Å². The van der Waals surface area contributed by atoms with Crippen LogP contribution in [-0.2, 0) is 19.5 Å². The fraction of sp³-hybridized carbons (Fsp3) is 0.294. The van der Waals surface area contributed by atoms with Gasteiger partial charge in [-0.1, -0.05) is 24.0 Å². The number of nitrogens with zero attached hydrogens (tertiary/aromatic N) is 1. The van der Waals surface area contributed by atoms with E-state index < -0.39 is 0 Å². The summed E-state index contributed by atoms with van der Waals surface area (Å²) in [7, 11) is 0. The second-order valence-corrected chi connectivity index (χ2v) is 6.03. The van der Waals surface area contributed by atoms with E-state index in [2.05, 4.69) is 52.5 Å². The minimum atomic E-state index is 0.415. The molecular formula is C17H18N2S. The summed E-state index contributed by atoms with van der Waals surface area (Å²) < 4.78 is 0. The zero-order chi connectivity index (χ0) is 13.8. The van der Waals surface area contributed by atoms with E-state index in [-0.39, 0.29) is 0 Å². The molecule has 0 aliphatic carbocycles. The SMILES string of the molecule is NCC#Cc1ccc(CN2CCc3sccc3C2)cc1. The largest absolute Gasteiger partial charge is 0.320 e. The molecule has 3 rings (SSSR count). The molecule has 20 heavy (non-hydrogen) atoms. The van der Waals surface area contributed by atoms with Crippen LogP contribution in [0.1, 0.15) is 21.6 Å². The summed E-state index contributed by atoms with van der Waals surface area (Å²) >= 11 is 1.89. The Kier molecular flexibility index (Phi) is 4.17. The maximum absolute atomic E-state index is 5.38.